The Labute approximate surface area is 175 Å². The molecule has 4 N–H and O–H groups in total. The largest absolute Gasteiger partial charge is 0.369 e. The predicted molar refractivity (Wildman–Crippen MR) is 116 cm³/mol. The van der Waals surface area contributed by atoms with Gasteiger partial charge >= 0.3 is 0 Å². The van der Waals surface area contributed by atoms with Gasteiger partial charge in [-0.25, -0.2) is 4.57 Å². The molecule has 0 amide bonds. The zero-order valence-electron chi connectivity index (χ0n) is 16.2. The van der Waals surface area contributed by atoms with Crippen LogP contribution in [0.15, 0.2) is 20.9 Å². The van der Waals surface area contributed by atoms with Crippen LogP contribution in [0.3, 0.4) is 0 Å². The molecule has 0 radical (unpaired) electrons. The molecule has 1 saturated heterocycles. The number of allylic oxidation sites excluding steroid dienone is 4. The molecule has 4 rings (SSSR count). The zero-order valence-corrected chi connectivity index (χ0v) is 17.7. The van der Waals surface area contributed by atoms with E-state index in [2.05, 4.69) is 9.88 Å². The quantitative estimate of drug-likeness (QED) is 0.758. The van der Waals surface area contributed by atoms with Gasteiger partial charge in [0.2, 0.25) is 5.95 Å². The number of anilines is 2. The number of nitrogens with two attached hydrogens (primary N) is 2. The molecule has 1 aliphatic heterocycles. The van der Waals surface area contributed by atoms with Gasteiger partial charge in [0.15, 0.2) is 0 Å². The number of nitrogen functional groups attached to an aromatic ring is 1. The monoisotopic (exact) mass is 423 g/mol. The third-order valence-electron chi connectivity index (χ3n) is 6.78. The molecule has 2 aliphatic carbocycles. The van der Waals surface area contributed by atoms with Crippen molar-refractivity contribution in [3.05, 3.63) is 32.1 Å². The van der Waals surface area contributed by atoms with Crippen LogP contribution < -0.4 is 21.9 Å². The van der Waals surface area contributed by atoms with Crippen molar-refractivity contribution in [1.29, 1.82) is 0 Å². The highest BCUT2D eigenvalue weighted by Gasteiger charge is 2.43. The van der Waals surface area contributed by atoms with Crippen molar-refractivity contribution in [2.75, 3.05) is 23.7 Å². The van der Waals surface area contributed by atoms with Crippen LogP contribution in [-0.2, 0) is 0 Å². The molecule has 6 nitrogen and oxygen atoms in total. The average molecular weight is 424 g/mol. The summed E-state index contributed by atoms with van der Waals surface area (Å²) in [7, 11) is 0. The number of rotatable bonds is 2. The number of halogens is 2. The topological polar surface area (TPSA) is 90.2 Å². The van der Waals surface area contributed by atoms with Crippen LogP contribution in [0.2, 0.25) is 0 Å². The fraction of sp³-hybridized carbons (Fsp3) is 0.600. The Hall–Kier alpha value is -1.50. The number of piperidine rings is 1. The van der Waals surface area contributed by atoms with Gasteiger partial charge in [-0.1, -0.05) is 35.7 Å². The summed E-state index contributed by atoms with van der Waals surface area (Å²) >= 11 is 12.5. The molecule has 0 unspecified atom stereocenters. The fourth-order valence-electron chi connectivity index (χ4n) is 5.01. The van der Waals surface area contributed by atoms with Crippen molar-refractivity contribution in [2.45, 2.75) is 57.9 Å². The van der Waals surface area contributed by atoms with Crippen LogP contribution in [0.5, 0.6) is 0 Å². The second-order valence-electron chi connectivity index (χ2n) is 8.26. The summed E-state index contributed by atoms with van der Waals surface area (Å²) in [6.45, 7) is 3.51. The van der Waals surface area contributed by atoms with E-state index in [1.807, 2.05) is 6.08 Å². The highest BCUT2D eigenvalue weighted by Crippen LogP contribution is 2.46. The first kappa shape index (κ1) is 19.8. The van der Waals surface area contributed by atoms with Gasteiger partial charge in [0.05, 0.1) is 15.6 Å². The average Bonchev–Trinajstić information content (AvgIpc) is 3.02. The van der Waals surface area contributed by atoms with Gasteiger partial charge in [-0.3, -0.25) is 4.79 Å². The van der Waals surface area contributed by atoms with Gasteiger partial charge in [-0.2, -0.15) is 4.98 Å². The van der Waals surface area contributed by atoms with Crippen molar-refractivity contribution in [2.24, 2.45) is 11.1 Å². The van der Waals surface area contributed by atoms with Crippen LogP contribution >= 0.6 is 23.2 Å². The molecule has 1 saturated carbocycles. The van der Waals surface area contributed by atoms with E-state index in [1.54, 1.807) is 6.92 Å². The summed E-state index contributed by atoms with van der Waals surface area (Å²) in [4.78, 5) is 19.9. The molecule has 1 spiro atoms. The van der Waals surface area contributed by atoms with Crippen LogP contribution in [0, 0.1) is 12.3 Å². The predicted octanol–water partition coefficient (Wildman–Crippen LogP) is 3.56. The molecule has 1 atom stereocenters. The van der Waals surface area contributed by atoms with E-state index in [0.717, 1.165) is 32.4 Å². The minimum absolute atomic E-state index is 0.156. The molecule has 8 heteroatoms. The normalized spacial score (nSPS) is 24.8. The van der Waals surface area contributed by atoms with Crippen LogP contribution in [0.25, 0.3) is 5.70 Å². The first-order chi connectivity index (χ1) is 13.3. The van der Waals surface area contributed by atoms with E-state index in [-0.39, 0.29) is 16.9 Å². The van der Waals surface area contributed by atoms with E-state index in [0.29, 0.717) is 46.0 Å². The fourth-order valence-corrected chi connectivity index (χ4v) is 5.49. The van der Waals surface area contributed by atoms with Crippen molar-refractivity contribution in [3.8, 4) is 0 Å². The molecule has 1 aromatic rings. The van der Waals surface area contributed by atoms with Crippen molar-refractivity contribution >= 4 is 40.7 Å². The van der Waals surface area contributed by atoms with E-state index >= 15 is 0 Å². The molecule has 3 aliphatic rings. The smallest absolute Gasteiger partial charge is 0.264 e. The highest BCUT2D eigenvalue weighted by atomic mass is 35.5. The molecule has 28 heavy (non-hydrogen) atoms. The Kier molecular flexibility index (Phi) is 5.23. The lowest BCUT2D eigenvalue weighted by Crippen LogP contribution is -2.47. The Bertz CT molecular complexity index is 912. The lowest BCUT2D eigenvalue weighted by Gasteiger charge is -2.42. The van der Waals surface area contributed by atoms with E-state index < -0.39 is 0 Å². The van der Waals surface area contributed by atoms with Crippen LogP contribution in [-0.4, -0.2) is 28.7 Å². The minimum Gasteiger partial charge on any atom is -0.369 e. The summed E-state index contributed by atoms with van der Waals surface area (Å²) in [5.74, 6) is 0.831. The molecule has 1 aromatic heterocycles. The summed E-state index contributed by atoms with van der Waals surface area (Å²) in [5, 5.41) is 0.816. The zero-order chi connectivity index (χ0) is 20.1. The minimum atomic E-state index is -0.181. The molecule has 2 fully saturated rings. The number of hydrogen-bond acceptors (Lipinski definition) is 5. The third-order valence-corrected chi connectivity index (χ3v) is 7.64. The Balaban J connectivity index is 1.65. The van der Waals surface area contributed by atoms with Crippen molar-refractivity contribution in [3.63, 3.8) is 0 Å². The summed E-state index contributed by atoms with van der Waals surface area (Å²) in [5.41, 5.74) is 13.9. The summed E-state index contributed by atoms with van der Waals surface area (Å²) < 4.78 is 1.41. The second kappa shape index (κ2) is 7.39. The SMILES string of the molecule is Cc1c(N2CCC3(CCC[C@H]3N)CC2)nc(N)n(C2=C(Cl)C(Cl)=CCC2)c1=O. The van der Waals surface area contributed by atoms with Gasteiger partial charge in [-0.15, -0.1) is 0 Å². The van der Waals surface area contributed by atoms with Crippen molar-refractivity contribution in [1.82, 2.24) is 9.55 Å². The Morgan fingerprint density at radius 1 is 1.25 bits per heavy atom. The van der Waals surface area contributed by atoms with Crippen LogP contribution in [0.1, 0.15) is 50.5 Å². The molecule has 2 heterocycles. The maximum Gasteiger partial charge on any atom is 0.264 e. The molecule has 152 valence electrons. The van der Waals surface area contributed by atoms with Gasteiger partial charge in [0, 0.05) is 24.8 Å². The Morgan fingerprint density at radius 3 is 2.61 bits per heavy atom. The number of nitrogens with zero attached hydrogens (tertiary/aromatic N) is 3. The van der Waals surface area contributed by atoms with E-state index in [4.69, 9.17) is 34.7 Å². The maximum atomic E-state index is 13.1. The first-order valence-corrected chi connectivity index (χ1v) is 10.7. The van der Waals surface area contributed by atoms with Gasteiger partial charge < -0.3 is 16.4 Å². The number of aromatic nitrogens is 2. The summed E-state index contributed by atoms with van der Waals surface area (Å²) in [6.07, 6.45) is 8.78. The van der Waals surface area contributed by atoms with E-state index in [9.17, 15) is 4.79 Å². The van der Waals surface area contributed by atoms with E-state index in [1.165, 1.54) is 17.4 Å². The second-order valence-corrected chi connectivity index (χ2v) is 9.04. The first-order valence-electron chi connectivity index (χ1n) is 9.99. The van der Waals surface area contributed by atoms with Gasteiger partial charge in [0.25, 0.3) is 5.56 Å². The van der Waals surface area contributed by atoms with Crippen LogP contribution in [0.4, 0.5) is 11.8 Å². The molecular formula is C20H27Cl2N5O. The lowest BCUT2D eigenvalue weighted by molar-refractivity contribution is 0.197. The van der Waals surface area contributed by atoms with Gasteiger partial charge in [0.1, 0.15) is 5.82 Å². The third kappa shape index (κ3) is 3.15. The summed E-state index contributed by atoms with van der Waals surface area (Å²) in [6, 6.07) is 0.292. The lowest BCUT2D eigenvalue weighted by atomic mass is 9.74. The number of hydrogen-bond donors (Lipinski definition) is 2. The maximum absolute atomic E-state index is 13.1. The standard InChI is InChI=1S/C20H27Cl2N5O/c1-12-17(26-10-8-20(9-11-26)7-3-6-15(20)23)25-19(24)27(18(12)28)14-5-2-4-13(21)16(14)22/h4,15H,2-3,5-11,23H2,1H3,(H2,24,25)/t15-/m1/s1. The van der Waals surface area contributed by atoms with Gasteiger partial charge in [-0.05, 0) is 50.9 Å². The Morgan fingerprint density at radius 2 is 1.96 bits per heavy atom. The highest BCUT2D eigenvalue weighted by molar-refractivity contribution is 6.45. The molecule has 0 aromatic carbocycles. The van der Waals surface area contributed by atoms with Crippen molar-refractivity contribution < 1.29 is 0 Å². The molecular weight excluding hydrogens is 397 g/mol. The molecule has 0 bridgehead atoms.